The highest BCUT2D eigenvalue weighted by atomic mass is 127. The second kappa shape index (κ2) is 5.85. The predicted octanol–water partition coefficient (Wildman–Crippen LogP) is 0.867. The van der Waals surface area contributed by atoms with Crippen LogP contribution in [-0.4, -0.2) is 17.9 Å². The zero-order valence-corrected chi connectivity index (χ0v) is 11.5. The van der Waals surface area contributed by atoms with E-state index in [1.165, 1.54) is 0 Å². The van der Waals surface area contributed by atoms with E-state index in [0.717, 1.165) is 3.57 Å². The molecule has 0 aliphatic heterocycles. The number of nitrogens with one attached hydrogen (secondary N) is 1. The monoisotopic (exact) mass is 347 g/mol. The van der Waals surface area contributed by atoms with E-state index in [1.807, 2.05) is 0 Å². The molecule has 2 amide bonds. The quantitative estimate of drug-likeness (QED) is 0.557. The molecule has 1 unspecified atom stereocenters. The van der Waals surface area contributed by atoms with Crippen LogP contribution in [0, 0.1) is 3.57 Å². The summed E-state index contributed by atoms with van der Waals surface area (Å²) in [5.41, 5.74) is 11.7. The van der Waals surface area contributed by atoms with Crippen molar-refractivity contribution in [2.24, 2.45) is 5.73 Å². The van der Waals surface area contributed by atoms with Crippen LogP contribution in [0.5, 0.6) is 0 Å². The molecule has 0 saturated heterocycles. The molecule has 1 rings (SSSR count). The van der Waals surface area contributed by atoms with Gasteiger partial charge in [-0.25, -0.2) is 0 Å². The summed E-state index contributed by atoms with van der Waals surface area (Å²) in [5.74, 6) is -0.705. The van der Waals surface area contributed by atoms with Gasteiger partial charge in [0, 0.05) is 27.3 Å². The predicted molar refractivity (Wildman–Crippen MR) is 74.3 cm³/mol. The van der Waals surface area contributed by atoms with Crippen LogP contribution in [0.4, 0.5) is 5.69 Å². The fraction of sp³-hybridized carbons (Fsp3) is 0.273. The largest absolute Gasteiger partial charge is 0.399 e. The Balaban J connectivity index is 2.72. The fourth-order valence-corrected chi connectivity index (χ4v) is 2.10. The van der Waals surface area contributed by atoms with Crippen LogP contribution in [0.2, 0.25) is 0 Å². The lowest BCUT2D eigenvalue weighted by Crippen LogP contribution is -2.35. The number of halogens is 1. The Labute approximate surface area is 113 Å². The second-order valence-electron chi connectivity index (χ2n) is 3.82. The molecule has 1 aromatic rings. The lowest BCUT2D eigenvalue weighted by Gasteiger charge is -2.12. The normalized spacial score (nSPS) is 11.9. The highest BCUT2D eigenvalue weighted by Crippen LogP contribution is 2.14. The number of hydrogen-bond acceptors (Lipinski definition) is 3. The zero-order valence-electron chi connectivity index (χ0n) is 9.37. The molecular weight excluding hydrogens is 333 g/mol. The van der Waals surface area contributed by atoms with Crippen molar-refractivity contribution in [2.75, 3.05) is 5.73 Å². The maximum Gasteiger partial charge on any atom is 0.251 e. The minimum atomic E-state index is -0.444. The Kier molecular flexibility index (Phi) is 4.73. The van der Waals surface area contributed by atoms with E-state index in [9.17, 15) is 9.59 Å². The van der Waals surface area contributed by atoms with Gasteiger partial charge in [-0.3, -0.25) is 9.59 Å². The summed E-state index contributed by atoms with van der Waals surface area (Å²) < 4.78 is 0.885. The molecule has 5 N–H and O–H groups in total. The van der Waals surface area contributed by atoms with E-state index in [4.69, 9.17) is 11.5 Å². The molecule has 6 heteroatoms. The summed E-state index contributed by atoms with van der Waals surface area (Å²) in [6.07, 6.45) is 0.116. The third-order valence-electron chi connectivity index (χ3n) is 2.07. The average molecular weight is 347 g/mol. The molecule has 0 aliphatic carbocycles. The van der Waals surface area contributed by atoms with Crippen LogP contribution in [0.25, 0.3) is 0 Å². The highest BCUT2D eigenvalue weighted by molar-refractivity contribution is 14.1. The van der Waals surface area contributed by atoms with Crippen molar-refractivity contribution in [1.29, 1.82) is 0 Å². The smallest absolute Gasteiger partial charge is 0.251 e. The Morgan fingerprint density at radius 3 is 2.59 bits per heavy atom. The van der Waals surface area contributed by atoms with Gasteiger partial charge in [0.1, 0.15) is 0 Å². The number of hydrogen-bond donors (Lipinski definition) is 3. The van der Waals surface area contributed by atoms with Gasteiger partial charge in [0.05, 0.1) is 0 Å². The molecule has 0 aliphatic rings. The SMILES string of the molecule is CC(CC(N)=O)NC(=O)c1cc(N)cc(I)c1. The number of carbonyl (C=O) groups excluding carboxylic acids is 2. The summed E-state index contributed by atoms with van der Waals surface area (Å²) in [4.78, 5) is 22.5. The molecule has 1 atom stereocenters. The summed E-state index contributed by atoms with van der Waals surface area (Å²) >= 11 is 2.08. The molecule has 0 spiro atoms. The molecule has 0 bridgehead atoms. The minimum Gasteiger partial charge on any atom is -0.399 e. The molecule has 0 fully saturated rings. The first kappa shape index (κ1) is 13.8. The number of nitrogen functional groups attached to an aromatic ring is 1. The fourth-order valence-electron chi connectivity index (χ4n) is 1.40. The second-order valence-corrected chi connectivity index (χ2v) is 5.06. The Bertz CT molecular complexity index is 428. The maximum atomic E-state index is 11.8. The van der Waals surface area contributed by atoms with E-state index >= 15 is 0 Å². The van der Waals surface area contributed by atoms with Gasteiger partial charge in [0.2, 0.25) is 5.91 Å². The summed E-state index contributed by atoms with van der Waals surface area (Å²) in [6, 6.07) is 4.79. The van der Waals surface area contributed by atoms with E-state index < -0.39 is 5.91 Å². The third kappa shape index (κ3) is 4.59. The Hall–Kier alpha value is -1.31. The number of carbonyl (C=O) groups is 2. The zero-order chi connectivity index (χ0) is 13.0. The Morgan fingerprint density at radius 1 is 1.41 bits per heavy atom. The highest BCUT2D eigenvalue weighted by Gasteiger charge is 2.12. The van der Waals surface area contributed by atoms with Gasteiger partial charge in [-0.05, 0) is 47.7 Å². The molecule has 0 aromatic heterocycles. The topological polar surface area (TPSA) is 98.2 Å². The van der Waals surface area contributed by atoms with Crippen molar-refractivity contribution in [3.05, 3.63) is 27.3 Å². The summed E-state index contributed by atoms with van der Waals surface area (Å²) in [5, 5.41) is 2.68. The minimum absolute atomic E-state index is 0.116. The summed E-state index contributed by atoms with van der Waals surface area (Å²) in [7, 11) is 0. The first-order valence-corrected chi connectivity index (χ1v) is 6.11. The van der Waals surface area contributed by atoms with Gasteiger partial charge in [-0.1, -0.05) is 0 Å². The molecule has 0 saturated carbocycles. The van der Waals surface area contributed by atoms with Crippen molar-refractivity contribution >= 4 is 40.1 Å². The molecule has 0 radical (unpaired) electrons. The third-order valence-corrected chi connectivity index (χ3v) is 2.69. The Morgan fingerprint density at radius 2 is 2.06 bits per heavy atom. The first-order valence-electron chi connectivity index (χ1n) is 5.03. The van der Waals surface area contributed by atoms with Crippen LogP contribution < -0.4 is 16.8 Å². The number of benzene rings is 1. The van der Waals surface area contributed by atoms with Gasteiger partial charge in [-0.2, -0.15) is 0 Å². The molecule has 17 heavy (non-hydrogen) atoms. The van der Waals surface area contributed by atoms with Crippen LogP contribution in [0.15, 0.2) is 18.2 Å². The molecule has 92 valence electrons. The van der Waals surface area contributed by atoms with E-state index in [-0.39, 0.29) is 18.4 Å². The van der Waals surface area contributed by atoms with Crippen LogP contribution >= 0.6 is 22.6 Å². The number of rotatable bonds is 4. The van der Waals surface area contributed by atoms with Gasteiger partial charge in [0.25, 0.3) is 5.91 Å². The average Bonchev–Trinajstić information content (AvgIpc) is 2.14. The van der Waals surface area contributed by atoms with Gasteiger partial charge in [0.15, 0.2) is 0 Å². The van der Waals surface area contributed by atoms with Crippen molar-refractivity contribution < 1.29 is 9.59 Å². The van der Waals surface area contributed by atoms with Crippen LogP contribution in [0.3, 0.4) is 0 Å². The van der Waals surface area contributed by atoms with Gasteiger partial charge < -0.3 is 16.8 Å². The number of amides is 2. The van der Waals surface area contributed by atoms with E-state index in [2.05, 4.69) is 27.9 Å². The lowest BCUT2D eigenvalue weighted by atomic mass is 10.1. The molecule has 1 aromatic carbocycles. The van der Waals surface area contributed by atoms with Gasteiger partial charge >= 0.3 is 0 Å². The van der Waals surface area contributed by atoms with E-state index in [1.54, 1.807) is 25.1 Å². The maximum absolute atomic E-state index is 11.8. The van der Waals surface area contributed by atoms with E-state index in [0.29, 0.717) is 11.3 Å². The molecule has 5 nitrogen and oxygen atoms in total. The summed E-state index contributed by atoms with van der Waals surface area (Å²) in [6.45, 7) is 1.72. The first-order chi connectivity index (χ1) is 7.88. The number of primary amides is 1. The van der Waals surface area contributed by atoms with Crippen LogP contribution in [-0.2, 0) is 4.79 Å². The van der Waals surface area contributed by atoms with Gasteiger partial charge in [-0.15, -0.1) is 0 Å². The van der Waals surface area contributed by atoms with Crippen LogP contribution in [0.1, 0.15) is 23.7 Å². The molecule has 0 heterocycles. The molecular formula is C11H14IN3O2. The number of nitrogens with two attached hydrogens (primary N) is 2. The van der Waals surface area contributed by atoms with Crippen molar-refractivity contribution in [3.8, 4) is 0 Å². The van der Waals surface area contributed by atoms with Crippen molar-refractivity contribution in [3.63, 3.8) is 0 Å². The number of anilines is 1. The lowest BCUT2D eigenvalue weighted by molar-refractivity contribution is -0.118. The van der Waals surface area contributed by atoms with Crippen molar-refractivity contribution in [2.45, 2.75) is 19.4 Å². The standard InChI is InChI=1S/C11H14IN3O2/c1-6(2-10(14)16)15-11(17)7-3-8(12)5-9(13)4-7/h3-6H,2,13H2,1H3,(H2,14,16)(H,15,17). The van der Waals surface area contributed by atoms with Crippen molar-refractivity contribution in [1.82, 2.24) is 5.32 Å².